The van der Waals surface area contributed by atoms with Gasteiger partial charge in [0.2, 0.25) is 5.91 Å². The van der Waals surface area contributed by atoms with E-state index in [4.69, 9.17) is 0 Å². The van der Waals surface area contributed by atoms with Gasteiger partial charge in [0.15, 0.2) is 5.78 Å². The molecule has 0 saturated carbocycles. The lowest BCUT2D eigenvalue weighted by atomic mass is 9.79. The standard InChI is InChI=1S/C27H21N3O2/c31-25(10-9-18-15-28-14-17-5-1-2-6-21(17)18)24-11-19-12-27(13-20(19)16-29-24)22-7-3-4-8-23(22)30-26(27)32/h1-8,11,14-16H,9-10,12-13H2,(H,30,32). The van der Waals surface area contributed by atoms with Crippen LogP contribution in [-0.2, 0) is 29.5 Å². The lowest BCUT2D eigenvalue weighted by Gasteiger charge is -2.20. The molecule has 1 aliphatic heterocycles. The Morgan fingerprint density at radius 2 is 1.78 bits per heavy atom. The lowest BCUT2D eigenvalue weighted by molar-refractivity contribution is -0.120. The van der Waals surface area contributed by atoms with Crippen molar-refractivity contribution in [1.82, 2.24) is 9.97 Å². The molecule has 4 aromatic rings. The predicted molar refractivity (Wildman–Crippen MR) is 123 cm³/mol. The zero-order chi connectivity index (χ0) is 21.7. The van der Waals surface area contributed by atoms with Crippen molar-refractivity contribution in [3.8, 4) is 0 Å². The molecule has 3 heterocycles. The zero-order valence-electron chi connectivity index (χ0n) is 17.5. The fourth-order valence-corrected chi connectivity index (χ4v) is 5.19. The first kappa shape index (κ1) is 18.9. The van der Waals surface area contributed by atoms with Crippen molar-refractivity contribution in [2.24, 2.45) is 0 Å². The minimum absolute atomic E-state index is 0.0120. The number of Topliss-reactive ketones (excluding diaryl/α,β-unsaturated/α-hetero) is 1. The first-order valence-electron chi connectivity index (χ1n) is 10.9. The van der Waals surface area contributed by atoms with Gasteiger partial charge in [0.25, 0.3) is 0 Å². The van der Waals surface area contributed by atoms with Crippen LogP contribution in [0.1, 0.15) is 39.2 Å². The van der Waals surface area contributed by atoms with Crippen molar-refractivity contribution in [2.75, 3.05) is 5.32 Å². The number of hydrogen-bond donors (Lipinski definition) is 1. The van der Waals surface area contributed by atoms with Crippen LogP contribution in [0.25, 0.3) is 10.8 Å². The van der Waals surface area contributed by atoms with Gasteiger partial charge < -0.3 is 5.32 Å². The Labute approximate surface area is 185 Å². The molecule has 32 heavy (non-hydrogen) atoms. The Morgan fingerprint density at radius 1 is 0.969 bits per heavy atom. The molecule has 1 aliphatic carbocycles. The summed E-state index contributed by atoms with van der Waals surface area (Å²) in [5.41, 5.74) is 4.97. The number of fused-ring (bicyclic) bond motifs is 4. The molecule has 1 atom stereocenters. The van der Waals surface area contributed by atoms with E-state index in [2.05, 4.69) is 21.4 Å². The van der Waals surface area contributed by atoms with E-state index in [0.717, 1.165) is 38.7 Å². The number of rotatable bonds is 4. The molecule has 1 N–H and O–H groups in total. The Bertz CT molecular complexity index is 1410. The second-order valence-electron chi connectivity index (χ2n) is 8.72. The molecule has 5 heteroatoms. The van der Waals surface area contributed by atoms with Crippen LogP contribution < -0.4 is 5.32 Å². The van der Waals surface area contributed by atoms with Gasteiger partial charge in [0, 0.05) is 36.1 Å². The van der Waals surface area contributed by atoms with E-state index in [1.165, 1.54) is 0 Å². The second-order valence-corrected chi connectivity index (χ2v) is 8.72. The van der Waals surface area contributed by atoms with Gasteiger partial charge in [0.1, 0.15) is 5.69 Å². The number of pyridine rings is 2. The molecule has 1 unspecified atom stereocenters. The number of carbonyl (C=O) groups is 2. The molecule has 0 saturated heterocycles. The molecule has 1 spiro atoms. The third-order valence-corrected chi connectivity index (χ3v) is 6.85. The van der Waals surface area contributed by atoms with Crippen LogP contribution in [0.2, 0.25) is 0 Å². The third kappa shape index (κ3) is 2.85. The number of para-hydroxylation sites is 1. The number of anilines is 1. The number of hydrogen-bond acceptors (Lipinski definition) is 4. The van der Waals surface area contributed by atoms with Crippen molar-refractivity contribution in [2.45, 2.75) is 31.1 Å². The molecule has 2 aromatic heterocycles. The zero-order valence-corrected chi connectivity index (χ0v) is 17.5. The van der Waals surface area contributed by atoms with Crippen LogP contribution in [0.5, 0.6) is 0 Å². The van der Waals surface area contributed by atoms with Gasteiger partial charge in [-0.3, -0.25) is 19.6 Å². The molecular formula is C27H21N3O2. The fraction of sp³-hybridized carbons (Fsp3) is 0.185. The molecule has 156 valence electrons. The fourth-order valence-electron chi connectivity index (χ4n) is 5.19. The normalized spacial score (nSPS) is 18.6. The number of nitrogens with one attached hydrogen (secondary N) is 1. The van der Waals surface area contributed by atoms with Crippen LogP contribution >= 0.6 is 0 Å². The highest BCUT2D eigenvalue weighted by atomic mass is 16.2. The van der Waals surface area contributed by atoms with E-state index in [9.17, 15) is 9.59 Å². The van der Waals surface area contributed by atoms with Gasteiger partial charge in [-0.25, -0.2) is 0 Å². The number of nitrogens with zero attached hydrogens (tertiary/aromatic N) is 2. The first-order valence-corrected chi connectivity index (χ1v) is 10.9. The average Bonchev–Trinajstić information content (AvgIpc) is 3.34. The molecule has 2 aromatic carbocycles. The highest BCUT2D eigenvalue weighted by Gasteiger charge is 2.50. The number of amides is 1. The van der Waals surface area contributed by atoms with E-state index in [0.29, 0.717) is 31.4 Å². The number of carbonyl (C=O) groups excluding carboxylic acids is 2. The van der Waals surface area contributed by atoms with Gasteiger partial charge in [-0.05, 0) is 59.0 Å². The van der Waals surface area contributed by atoms with Gasteiger partial charge in [-0.2, -0.15) is 0 Å². The molecule has 2 aliphatic rings. The largest absolute Gasteiger partial charge is 0.325 e. The summed E-state index contributed by atoms with van der Waals surface area (Å²) in [6.07, 6.45) is 7.67. The minimum atomic E-state index is -0.586. The van der Waals surface area contributed by atoms with Crippen LogP contribution in [0, 0.1) is 0 Å². The monoisotopic (exact) mass is 419 g/mol. The molecule has 0 bridgehead atoms. The predicted octanol–water partition coefficient (Wildman–Crippen LogP) is 4.43. The van der Waals surface area contributed by atoms with Crippen LogP contribution in [0.4, 0.5) is 5.69 Å². The van der Waals surface area contributed by atoms with Crippen LogP contribution in [0.3, 0.4) is 0 Å². The summed E-state index contributed by atoms with van der Waals surface area (Å²) in [5, 5.41) is 5.23. The summed E-state index contributed by atoms with van der Waals surface area (Å²) >= 11 is 0. The Balaban J connectivity index is 1.24. The molecule has 0 fully saturated rings. The van der Waals surface area contributed by atoms with E-state index in [1.807, 2.05) is 60.9 Å². The van der Waals surface area contributed by atoms with Gasteiger partial charge in [0.05, 0.1) is 5.41 Å². The SMILES string of the molecule is O=C(CCc1cncc2ccccc12)c1cc2c(cn1)CC1(C2)C(=O)Nc2ccccc21. The minimum Gasteiger partial charge on any atom is -0.325 e. The second kappa shape index (κ2) is 7.09. The van der Waals surface area contributed by atoms with Crippen molar-refractivity contribution in [3.63, 3.8) is 0 Å². The average molecular weight is 419 g/mol. The summed E-state index contributed by atoms with van der Waals surface area (Å²) in [6, 6.07) is 17.9. The Morgan fingerprint density at radius 3 is 2.72 bits per heavy atom. The highest BCUT2D eigenvalue weighted by Crippen LogP contribution is 2.47. The molecule has 0 radical (unpaired) electrons. The highest BCUT2D eigenvalue weighted by molar-refractivity contribution is 6.07. The maximum Gasteiger partial charge on any atom is 0.235 e. The summed E-state index contributed by atoms with van der Waals surface area (Å²) < 4.78 is 0. The third-order valence-electron chi connectivity index (χ3n) is 6.85. The lowest BCUT2D eigenvalue weighted by Crippen LogP contribution is -2.35. The maximum absolute atomic E-state index is 13.0. The number of benzene rings is 2. The number of aromatic nitrogens is 2. The quantitative estimate of drug-likeness (QED) is 0.497. The van der Waals surface area contributed by atoms with E-state index >= 15 is 0 Å². The van der Waals surface area contributed by atoms with E-state index < -0.39 is 5.41 Å². The molecule has 5 nitrogen and oxygen atoms in total. The van der Waals surface area contributed by atoms with Crippen molar-refractivity contribution < 1.29 is 9.59 Å². The maximum atomic E-state index is 13.0. The molecular weight excluding hydrogens is 398 g/mol. The Hall–Kier alpha value is -3.86. The summed E-state index contributed by atoms with van der Waals surface area (Å²) in [7, 11) is 0. The number of aryl methyl sites for hydroxylation is 1. The van der Waals surface area contributed by atoms with Gasteiger partial charge in [-0.1, -0.05) is 42.5 Å². The van der Waals surface area contributed by atoms with E-state index in [1.54, 1.807) is 6.20 Å². The topological polar surface area (TPSA) is 72.0 Å². The van der Waals surface area contributed by atoms with Crippen molar-refractivity contribution in [1.29, 1.82) is 0 Å². The summed E-state index contributed by atoms with van der Waals surface area (Å²) in [5.74, 6) is 0.0455. The van der Waals surface area contributed by atoms with E-state index in [-0.39, 0.29) is 11.7 Å². The molecule has 6 rings (SSSR count). The van der Waals surface area contributed by atoms with Gasteiger partial charge in [-0.15, -0.1) is 0 Å². The smallest absolute Gasteiger partial charge is 0.235 e. The van der Waals surface area contributed by atoms with Gasteiger partial charge >= 0.3 is 0 Å². The summed E-state index contributed by atoms with van der Waals surface area (Å²) in [6.45, 7) is 0. The Kier molecular flexibility index (Phi) is 4.18. The first-order chi connectivity index (χ1) is 15.6. The summed E-state index contributed by atoms with van der Waals surface area (Å²) in [4.78, 5) is 34.6. The van der Waals surface area contributed by atoms with Crippen molar-refractivity contribution >= 4 is 28.2 Å². The van der Waals surface area contributed by atoms with Crippen molar-refractivity contribution in [3.05, 3.63) is 101 Å². The van der Waals surface area contributed by atoms with Crippen LogP contribution in [0.15, 0.2) is 73.2 Å². The molecule has 1 amide bonds. The number of ketones is 1. The van der Waals surface area contributed by atoms with Crippen LogP contribution in [-0.4, -0.2) is 21.7 Å².